The fourth-order valence-electron chi connectivity index (χ4n) is 1.98. The van der Waals surface area contributed by atoms with E-state index in [1.807, 2.05) is 13.8 Å². The summed E-state index contributed by atoms with van der Waals surface area (Å²) in [6.07, 6.45) is -9.75. The monoisotopic (exact) mass is 346 g/mol. The highest BCUT2D eigenvalue weighted by atomic mass is 19.4. The van der Waals surface area contributed by atoms with E-state index in [0.29, 0.717) is 0 Å². The summed E-state index contributed by atoms with van der Waals surface area (Å²) in [5.74, 6) is -11.5. The molecule has 2 unspecified atom stereocenters. The van der Waals surface area contributed by atoms with Crippen molar-refractivity contribution in [2.45, 2.75) is 56.7 Å². The number of alkyl halides is 7. The summed E-state index contributed by atoms with van der Waals surface area (Å²) in [6, 6.07) is 5.53. The second-order valence-corrected chi connectivity index (χ2v) is 5.47. The molecule has 1 aromatic carbocycles. The Balaban J connectivity index is 2.92. The SMILES string of the molecule is CCC(C)c1ccc(C(O)CC(F)(F)C(F)(F)C(F)(F)F)cc1. The van der Waals surface area contributed by atoms with Crippen LogP contribution < -0.4 is 0 Å². The molecule has 0 amide bonds. The molecule has 1 rings (SSSR count). The van der Waals surface area contributed by atoms with Gasteiger partial charge in [0.1, 0.15) is 0 Å². The zero-order valence-corrected chi connectivity index (χ0v) is 12.5. The normalized spacial score (nSPS) is 16.3. The van der Waals surface area contributed by atoms with Crippen LogP contribution in [0, 0.1) is 0 Å². The highest BCUT2D eigenvalue weighted by molar-refractivity contribution is 5.26. The predicted molar refractivity (Wildman–Crippen MR) is 70.7 cm³/mol. The van der Waals surface area contributed by atoms with E-state index in [0.717, 1.165) is 12.0 Å². The molecule has 0 bridgehead atoms. The molecule has 1 nitrogen and oxygen atoms in total. The van der Waals surface area contributed by atoms with Crippen molar-refractivity contribution in [2.24, 2.45) is 0 Å². The molecule has 0 aliphatic rings. The lowest BCUT2D eigenvalue weighted by Gasteiger charge is -2.29. The largest absolute Gasteiger partial charge is 0.459 e. The van der Waals surface area contributed by atoms with Crippen LogP contribution in [0.15, 0.2) is 24.3 Å². The van der Waals surface area contributed by atoms with Crippen LogP contribution in [-0.2, 0) is 0 Å². The van der Waals surface area contributed by atoms with Crippen molar-refractivity contribution >= 4 is 0 Å². The van der Waals surface area contributed by atoms with Crippen LogP contribution in [0.3, 0.4) is 0 Å². The van der Waals surface area contributed by atoms with Crippen molar-refractivity contribution in [3.8, 4) is 0 Å². The Morgan fingerprint density at radius 3 is 1.74 bits per heavy atom. The van der Waals surface area contributed by atoms with Crippen LogP contribution in [0.5, 0.6) is 0 Å². The first-order valence-electron chi connectivity index (χ1n) is 6.93. The van der Waals surface area contributed by atoms with Gasteiger partial charge in [-0.05, 0) is 23.5 Å². The summed E-state index contributed by atoms with van der Waals surface area (Å²) in [4.78, 5) is 0. The number of benzene rings is 1. The molecular formula is C15H17F7O. The lowest BCUT2D eigenvalue weighted by Crippen LogP contribution is -2.52. The smallest absolute Gasteiger partial charge is 0.388 e. The summed E-state index contributed by atoms with van der Waals surface area (Å²) in [5, 5.41) is 9.59. The maximum Gasteiger partial charge on any atom is 0.459 e. The van der Waals surface area contributed by atoms with Crippen LogP contribution in [0.4, 0.5) is 30.7 Å². The Labute approximate surface area is 129 Å². The molecule has 0 aliphatic heterocycles. The van der Waals surface area contributed by atoms with Gasteiger partial charge in [-0.3, -0.25) is 0 Å². The number of aliphatic hydroxyl groups excluding tert-OH is 1. The van der Waals surface area contributed by atoms with E-state index < -0.39 is 30.5 Å². The van der Waals surface area contributed by atoms with E-state index in [1.54, 1.807) is 0 Å². The minimum atomic E-state index is -6.39. The minimum absolute atomic E-state index is 0.144. The van der Waals surface area contributed by atoms with Crippen molar-refractivity contribution in [1.82, 2.24) is 0 Å². The molecule has 0 spiro atoms. The van der Waals surface area contributed by atoms with Crippen molar-refractivity contribution in [3.63, 3.8) is 0 Å². The van der Waals surface area contributed by atoms with Gasteiger partial charge in [-0.1, -0.05) is 38.1 Å². The average molecular weight is 346 g/mol. The molecular weight excluding hydrogens is 329 g/mol. The molecule has 132 valence electrons. The Kier molecular flexibility index (Phi) is 5.72. The molecule has 0 saturated carbocycles. The van der Waals surface area contributed by atoms with E-state index in [1.165, 1.54) is 24.3 Å². The van der Waals surface area contributed by atoms with Gasteiger partial charge in [0.25, 0.3) is 0 Å². The third-order valence-corrected chi connectivity index (χ3v) is 3.77. The van der Waals surface area contributed by atoms with Gasteiger partial charge in [0.05, 0.1) is 6.10 Å². The van der Waals surface area contributed by atoms with Gasteiger partial charge in [0.2, 0.25) is 0 Å². The predicted octanol–water partition coefficient (Wildman–Crippen LogP) is 5.46. The van der Waals surface area contributed by atoms with Crippen LogP contribution in [0.25, 0.3) is 0 Å². The summed E-state index contributed by atoms with van der Waals surface area (Å²) in [7, 11) is 0. The van der Waals surface area contributed by atoms with Gasteiger partial charge < -0.3 is 5.11 Å². The lowest BCUT2D eigenvalue weighted by molar-refractivity contribution is -0.358. The van der Waals surface area contributed by atoms with Gasteiger partial charge in [-0.2, -0.15) is 30.7 Å². The van der Waals surface area contributed by atoms with E-state index >= 15 is 0 Å². The first-order valence-corrected chi connectivity index (χ1v) is 6.93. The second-order valence-electron chi connectivity index (χ2n) is 5.47. The van der Waals surface area contributed by atoms with Crippen molar-refractivity contribution < 1.29 is 35.8 Å². The zero-order valence-electron chi connectivity index (χ0n) is 12.5. The van der Waals surface area contributed by atoms with E-state index in [2.05, 4.69) is 0 Å². The van der Waals surface area contributed by atoms with E-state index in [9.17, 15) is 35.8 Å². The fourth-order valence-corrected chi connectivity index (χ4v) is 1.98. The molecule has 0 aliphatic carbocycles. The van der Waals surface area contributed by atoms with Crippen LogP contribution in [0.2, 0.25) is 0 Å². The van der Waals surface area contributed by atoms with Gasteiger partial charge in [-0.25, -0.2) is 0 Å². The lowest BCUT2D eigenvalue weighted by atomic mass is 9.94. The Hall–Kier alpha value is -1.31. The highest BCUT2D eigenvalue weighted by Gasteiger charge is 2.72. The summed E-state index contributed by atoms with van der Waals surface area (Å²) in [5.41, 5.74) is 0.700. The Bertz CT molecular complexity index is 508. The van der Waals surface area contributed by atoms with Crippen molar-refractivity contribution in [2.75, 3.05) is 0 Å². The minimum Gasteiger partial charge on any atom is -0.388 e. The maximum atomic E-state index is 13.3. The molecule has 0 heterocycles. The number of aliphatic hydroxyl groups is 1. The zero-order chi connectivity index (χ0) is 18.1. The number of hydrogen-bond donors (Lipinski definition) is 1. The molecule has 2 atom stereocenters. The molecule has 23 heavy (non-hydrogen) atoms. The Morgan fingerprint density at radius 1 is 0.913 bits per heavy atom. The van der Waals surface area contributed by atoms with Gasteiger partial charge in [0.15, 0.2) is 0 Å². The van der Waals surface area contributed by atoms with Gasteiger partial charge >= 0.3 is 18.0 Å². The fraction of sp³-hybridized carbons (Fsp3) is 0.600. The molecule has 8 heteroatoms. The van der Waals surface area contributed by atoms with Crippen molar-refractivity contribution in [3.05, 3.63) is 35.4 Å². The number of halogens is 7. The van der Waals surface area contributed by atoms with Crippen LogP contribution in [0.1, 0.15) is 49.8 Å². The molecule has 0 saturated heterocycles. The summed E-state index contributed by atoms with van der Waals surface area (Å²) < 4.78 is 88.3. The van der Waals surface area contributed by atoms with Crippen LogP contribution >= 0.6 is 0 Å². The van der Waals surface area contributed by atoms with Crippen LogP contribution in [-0.4, -0.2) is 23.1 Å². The molecule has 1 aromatic rings. The van der Waals surface area contributed by atoms with Gasteiger partial charge in [-0.15, -0.1) is 0 Å². The summed E-state index contributed by atoms with van der Waals surface area (Å²) >= 11 is 0. The molecule has 0 aromatic heterocycles. The molecule has 1 N–H and O–H groups in total. The third kappa shape index (κ3) is 4.16. The quantitative estimate of drug-likeness (QED) is 0.679. The highest BCUT2D eigenvalue weighted by Crippen LogP contribution is 2.49. The first-order chi connectivity index (χ1) is 10.3. The number of rotatable bonds is 6. The summed E-state index contributed by atoms with van der Waals surface area (Å²) in [6.45, 7) is 3.83. The molecule has 0 radical (unpaired) electrons. The van der Waals surface area contributed by atoms with Gasteiger partial charge in [0, 0.05) is 6.42 Å². The van der Waals surface area contributed by atoms with E-state index in [-0.39, 0.29) is 11.5 Å². The maximum absolute atomic E-state index is 13.3. The first kappa shape index (κ1) is 19.7. The molecule has 0 fully saturated rings. The number of hydrogen-bond acceptors (Lipinski definition) is 1. The second kappa shape index (κ2) is 6.67. The van der Waals surface area contributed by atoms with Crippen molar-refractivity contribution in [1.29, 1.82) is 0 Å². The Morgan fingerprint density at radius 2 is 1.35 bits per heavy atom. The standard InChI is InChI=1S/C15H17F7O/c1-3-9(2)10-4-6-11(7-5-10)12(23)8-13(16,17)14(18,19)15(20,21)22/h4-7,9,12,23H,3,8H2,1-2H3. The topological polar surface area (TPSA) is 20.2 Å². The van der Waals surface area contributed by atoms with E-state index in [4.69, 9.17) is 0 Å². The third-order valence-electron chi connectivity index (χ3n) is 3.77. The average Bonchev–Trinajstić information content (AvgIpc) is 2.44.